The van der Waals surface area contributed by atoms with Gasteiger partial charge in [-0.05, 0) is 96.9 Å². The lowest BCUT2D eigenvalue weighted by Gasteiger charge is -2.33. The number of anilines is 1. The van der Waals surface area contributed by atoms with Gasteiger partial charge in [-0.15, -0.1) is 0 Å². The first-order valence-electron chi connectivity index (χ1n) is 10.7. The van der Waals surface area contributed by atoms with Gasteiger partial charge in [-0.2, -0.15) is 0 Å². The molecule has 6 nitrogen and oxygen atoms in total. The monoisotopic (exact) mass is 530 g/mol. The summed E-state index contributed by atoms with van der Waals surface area (Å²) in [4.78, 5) is 21.6. The second-order valence-corrected chi connectivity index (χ2v) is 9.16. The van der Waals surface area contributed by atoms with Crippen LogP contribution in [0, 0.1) is 9.49 Å². The molecule has 162 valence electrons. The molecular weight excluding hydrogens is 503 g/mol. The summed E-state index contributed by atoms with van der Waals surface area (Å²) in [5, 5.41) is 15.0. The van der Waals surface area contributed by atoms with Crippen molar-refractivity contribution in [1.82, 2.24) is 10.3 Å². The van der Waals surface area contributed by atoms with Gasteiger partial charge in [0, 0.05) is 39.3 Å². The Hall–Kier alpha value is -2.39. The quantitative estimate of drug-likeness (QED) is 0.326. The fourth-order valence-corrected chi connectivity index (χ4v) is 4.56. The number of halogens is 1. The lowest BCUT2D eigenvalue weighted by Crippen LogP contribution is -2.37. The summed E-state index contributed by atoms with van der Waals surface area (Å²) in [6.07, 6.45) is 4.04. The molecule has 4 rings (SSSR count). The van der Waals surface area contributed by atoms with Crippen molar-refractivity contribution in [3.8, 4) is 5.88 Å². The highest BCUT2D eigenvalue weighted by Crippen LogP contribution is 2.27. The minimum absolute atomic E-state index is 0.166. The molecule has 31 heavy (non-hydrogen) atoms. The number of fused-ring (bicyclic) bond motifs is 1. The first-order chi connectivity index (χ1) is 15.0. The number of aromatic hydroxyl groups is 1. The van der Waals surface area contributed by atoms with Crippen LogP contribution < -0.4 is 15.8 Å². The second kappa shape index (κ2) is 9.82. The average molecular weight is 530 g/mol. The number of nitrogens with zero attached hydrogens (tertiary/aromatic N) is 2. The maximum Gasteiger partial charge on any atom is 0.258 e. The Kier molecular flexibility index (Phi) is 6.92. The van der Waals surface area contributed by atoms with Gasteiger partial charge in [0.2, 0.25) is 5.88 Å². The molecule has 1 saturated heterocycles. The van der Waals surface area contributed by atoms with Gasteiger partial charge in [0.05, 0.1) is 11.3 Å². The van der Waals surface area contributed by atoms with Crippen LogP contribution in [-0.2, 0) is 0 Å². The van der Waals surface area contributed by atoms with E-state index in [0.29, 0.717) is 16.3 Å². The molecule has 1 fully saturated rings. The Morgan fingerprint density at radius 2 is 1.94 bits per heavy atom. The van der Waals surface area contributed by atoms with E-state index in [0.717, 1.165) is 41.4 Å². The maximum atomic E-state index is 12.1. The van der Waals surface area contributed by atoms with Gasteiger partial charge in [-0.25, -0.2) is 0 Å². The zero-order chi connectivity index (χ0) is 21.8. The van der Waals surface area contributed by atoms with Crippen molar-refractivity contribution >= 4 is 51.0 Å². The van der Waals surface area contributed by atoms with Crippen molar-refractivity contribution in [3.05, 3.63) is 62.0 Å². The van der Waals surface area contributed by atoms with Gasteiger partial charge in [-0.3, -0.25) is 14.8 Å². The molecule has 1 aliphatic heterocycles. The third-order valence-electron chi connectivity index (χ3n) is 5.86. The van der Waals surface area contributed by atoms with Gasteiger partial charge >= 0.3 is 0 Å². The summed E-state index contributed by atoms with van der Waals surface area (Å²) < 4.78 is 0.989. The minimum atomic E-state index is -0.306. The third kappa shape index (κ3) is 5.10. The van der Waals surface area contributed by atoms with E-state index in [1.54, 1.807) is 12.3 Å². The minimum Gasteiger partial charge on any atom is -0.494 e. The maximum absolute atomic E-state index is 12.1. The number of aromatic amines is 1. The molecule has 1 aromatic heterocycles. The van der Waals surface area contributed by atoms with Crippen LogP contribution in [0.4, 0.5) is 11.4 Å². The summed E-state index contributed by atoms with van der Waals surface area (Å²) in [6.45, 7) is 6.46. The zero-order valence-electron chi connectivity index (χ0n) is 17.6. The average Bonchev–Trinajstić information content (AvgIpc) is 2.78. The van der Waals surface area contributed by atoms with E-state index in [-0.39, 0.29) is 11.4 Å². The first-order valence-corrected chi connectivity index (χ1v) is 11.8. The number of hydrogen-bond acceptors (Lipinski definition) is 5. The highest BCUT2D eigenvalue weighted by Gasteiger charge is 2.19. The van der Waals surface area contributed by atoms with Gasteiger partial charge in [0.1, 0.15) is 0 Å². The van der Waals surface area contributed by atoms with Crippen LogP contribution in [-0.4, -0.2) is 42.5 Å². The number of hydrogen-bond donors (Lipinski definition) is 3. The van der Waals surface area contributed by atoms with E-state index in [1.807, 2.05) is 24.3 Å². The predicted octanol–water partition coefficient (Wildman–Crippen LogP) is 4.41. The normalized spacial score (nSPS) is 15.2. The fraction of sp³-hybridized carbons (Fsp3) is 0.333. The fourth-order valence-electron chi connectivity index (χ4n) is 4.07. The van der Waals surface area contributed by atoms with Crippen LogP contribution >= 0.6 is 22.6 Å². The molecule has 0 atom stereocenters. The van der Waals surface area contributed by atoms with E-state index in [4.69, 9.17) is 0 Å². The Labute approximate surface area is 195 Å². The van der Waals surface area contributed by atoms with Crippen LogP contribution in [0.15, 0.2) is 52.3 Å². The predicted molar refractivity (Wildman–Crippen MR) is 136 cm³/mol. The van der Waals surface area contributed by atoms with Gasteiger partial charge in [0.15, 0.2) is 0 Å². The summed E-state index contributed by atoms with van der Waals surface area (Å²) >= 11 is 2.19. The summed E-state index contributed by atoms with van der Waals surface area (Å²) in [6, 6.07) is 13.7. The Morgan fingerprint density at radius 1 is 1.19 bits per heavy atom. The van der Waals surface area contributed by atoms with Crippen LogP contribution in [0.5, 0.6) is 5.88 Å². The smallest absolute Gasteiger partial charge is 0.258 e. The second-order valence-electron chi connectivity index (χ2n) is 7.92. The summed E-state index contributed by atoms with van der Waals surface area (Å²) in [5.74, 6) is 0.600. The Balaban J connectivity index is 1.49. The van der Waals surface area contributed by atoms with Gasteiger partial charge in [0.25, 0.3) is 5.56 Å². The SMILES string of the molecule is CCNCC1CCN(c2ccc(N=Cc3c(O)[nH]c(=O)c4ccc(I)cc34)cc2)CC1. The van der Waals surface area contributed by atoms with Crippen molar-refractivity contribution in [1.29, 1.82) is 0 Å². The number of nitrogens with one attached hydrogen (secondary N) is 2. The molecule has 7 heteroatoms. The van der Waals surface area contributed by atoms with Crippen LogP contribution in [0.1, 0.15) is 25.3 Å². The lowest BCUT2D eigenvalue weighted by molar-refractivity contribution is 0.386. The molecule has 0 bridgehead atoms. The van der Waals surface area contributed by atoms with E-state index in [2.05, 4.69) is 61.8 Å². The molecule has 2 aromatic carbocycles. The molecule has 3 aromatic rings. The van der Waals surface area contributed by atoms with Crippen molar-refractivity contribution in [2.24, 2.45) is 10.9 Å². The number of benzene rings is 2. The van der Waals surface area contributed by atoms with Crippen LogP contribution in [0.25, 0.3) is 10.8 Å². The molecule has 3 N–H and O–H groups in total. The number of aliphatic imine (C=N–C) groups is 1. The number of piperidine rings is 1. The molecule has 0 radical (unpaired) electrons. The van der Waals surface area contributed by atoms with Crippen LogP contribution in [0.2, 0.25) is 0 Å². The van der Waals surface area contributed by atoms with E-state index >= 15 is 0 Å². The van der Waals surface area contributed by atoms with Crippen molar-refractivity contribution in [2.75, 3.05) is 31.1 Å². The number of rotatable bonds is 6. The molecule has 1 aliphatic rings. The molecule has 0 aliphatic carbocycles. The van der Waals surface area contributed by atoms with Gasteiger partial charge in [-0.1, -0.05) is 6.92 Å². The topological polar surface area (TPSA) is 80.7 Å². The summed E-state index contributed by atoms with van der Waals surface area (Å²) in [7, 11) is 0. The zero-order valence-corrected chi connectivity index (χ0v) is 19.7. The van der Waals surface area contributed by atoms with Crippen molar-refractivity contribution in [3.63, 3.8) is 0 Å². The van der Waals surface area contributed by atoms with Crippen molar-refractivity contribution < 1.29 is 5.11 Å². The first kappa shape index (κ1) is 21.8. The summed E-state index contributed by atoms with van der Waals surface area (Å²) in [5.41, 5.74) is 2.22. The largest absolute Gasteiger partial charge is 0.494 e. The highest BCUT2D eigenvalue weighted by atomic mass is 127. The van der Waals surface area contributed by atoms with Crippen LogP contribution in [0.3, 0.4) is 0 Å². The van der Waals surface area contributed by atoms with Gasteiger partial charge < -0.3 is 15.3 Å². The Morgan fingerprint density at radius 3 is 2.65 bits per heavy atom. The van der Waals surface area contributed by atoms with Crippen molar-refractivity contribution in [2.45, 2.75) is 19.8 Å². The highest BCUT2D eigenvalue weighted by molar-refractivity contribution is 14.1. The standard InChI is InChI=1S/C24H27IN4O2/c1-2-26-14-16-9-11-29(12-10-16)19-6-4-18(5-7-19)27-15-22-21-13-17(25)3-8-20(21)23(30)28-24(22)31/h3-8,13,15-16,26H,2,9-12,14H2,1H3,(H2,28,30,31). The van der Waals surface area contributed by atoms with E-state index < -0.39 is 0 Å². The number of pyridine rings is 1. The molecule has 2 heterocycles. The number of H-pyrrole nitrogens is 1. The Bertz CT molecular complexity index is 1130. The molecular formula is C24H27IN4O2. The third-order valence-corrected chi connectivity index (χ3v) is 6.53. The molecule has 0 spiro atoms. The van der Waals surface area contributed by atoms with E-state index in [1.165, 1.54) is 18.5 Å². The molecule has 0 amide bonds. The number of aromatic nitrogens is 1. The molecule has 0 saturated carbocycles. The molecule has 0 unspecified atom stereocenters. The lowest BCUT2D eigenvalue weighted by atomic mass is 9.96. The van der Waals surface area contributed by atoms with E-state index in [9.17, 15) is 9.90 Å².